The Morgan fingerprint density at radius 2 is 1.71 bits per heavy atom. The molecule has 0 spiro atoms. The van der Waals surface area contributed by atoms with Gasteiger partial charge in [-0.25, -0.2) is 9.69 Å². The molecule has 1 aliphatic rings. The number of carbonyl (C=O) groups excluding carboxylic acids is 3. The zero-order valence-corrected chi connectivity index (χ0v) is 16.2. The summed E-state index contributed by atoms with van der Waals surface area (Å²) >= 11 is 5.86. The molecule has 7 heteroatoms. The first kappa shape index (κ1) is 19.6. The van der Waals surface area contributed by atoms with Crippen LogP contribution >= 0.6 is 11.6 Å². The van der Waals surface area contributed by atoms with Gasteiger partial charge in [-0.15, -0.1) is 0 Å². The van der Waals surface area contributed by atoms with Crippen LogP contribution in [0.25, 0.3) is 6.08 Å². The van der Waals surface area contributed by atoms with Gasteiger partial charge in [0, 0.05) is 5.02 Å². The largest absolute Gasteiger partial charge is 0.491 e. The van der Waals surface area contributed by atoms with Crippen molar-refractivity contribution in [1.29, 1.82) is 0 Å². The van der Waals surface area contributed by atoms with E-state index in [9.17, 15) is 14.4 Å². The van der Waals surface area contributed by atoms with Crippen LogP contribution in [0.2, 0.25) is 5.02 Å². The average molecular weight is 399 g/mol. The number of ether oxygens (including phenoxy) is 1. The predicted molar refractivity (Wildman–Crippen MR) is 107 cm³/mol. The molecule has 0 aromatic heterocycles. The molecule has 1 unspecified atom stereocenters. The molecule has 2 aromatic carbocycles. The number of halogens is 1. The maximum atomic E-state index is 12.8. The van der Waals surface area contributed by atoms with Gasteiger partial charge >= 0.3 is 6.03 Å². The third kappa shape index (κ3) is 4.23. The van der Waals surface area contributed by atoms with Crippen LogP contribution in [-0.2, 0) is 9.59 Å². The molecule has 6 nitrogen and oxygen atoms in total. The Morgan fingerprint density at radius 3 is 2.32 bits per heavy atom. The Morgan fingerprint density at radius 1 is 1.07 bits per heavy atom. The molecule has 2 aromatic rings. The summed E-state index contributed by atoms with van der Waals surface area (Å²) in [5.41, 5.74) is 0.827. The van der Waals surface area contributed by atoms with E-state index < -0.39 is 17.8 Å². The number of barbiturate groups is 1. The molecule has 1 saturated heterocycles. The number of hydrogen-bond acceptors (Lipinski definition) is 4. The molecule has 1 fully saturated rings. The van der Waals surface area contributed by atoms with Crippen molar-refractivity contribution in [2.45, 2.75) is 26.4 Å². The molecule has 1 aliphatic heterocycles. The standard InChI is InChI=1S/C21H19ClN2O4/c1-3-13(2)28-17-10-4-14(5-11-17)12-18-19(25)23-21(27)24(20(18)26)16-8-6-15(22)7-9-16/h4-13H,3H2,1-2H3,(H,23,25,27)/b18-12+. The Kier molecular flexibility index (Phi) is 5.80. The number of amides is 4. The van der Waals surface area contributed by atoms with Crippen molar-refractivity contribution in [3.8, 4) is 5.75 Å². The first-order valence-corrected chi connectivity index (χ1v) is 9.20. The molecule has 144 valence electrons. The van der Waals surface area contributed by atoms with Crippen molar-refractivity contribution in [3.05, 3.63) is 64.7 Å². The smallest absolute Gasteiger partial charge is 0.335 e. The van der Waals surface area contributed by atoms with Crippen molar-refractivity contribution in [2.24, 2.45) is 0 Å². The number of carbonyl (C=O) groups is 3. The Hall–Kier alpha value is -3.12. The lowest BCUT2D eigenvalue weighted by Gasteiger charge is -2.26. The predicted octanol–water partition coefficient (Wildman–Crippen LogP) is 4.18. The lowest BCUT2D eigenvalue weighted by Crippen LogP contribution is -2.54. The monoisotopic (exact) mass is 398 g/mol. The zero-order chi connectivity index (χ0) is 20.3. The second-order valence-corrected chi connectivity index (χ2v) is 6.78. The zero-order valence-electron chi connectivity index (χ0n) is 15.4. The third-order valence-corrected chi connectivity index (χ3v) is 4.54. The van der Waals surface area contributed by atoms with Gasteiger partial charge in [0.05, 0.1) is 11.8 Å². The number of hydrogen-bond donors (Lipinski definition) is 1. The Labute approximate surface area is 167 Å². The van der Waals surface area contributed by atoms with Crippen LogP contribution in [0.5, 0.6) is 5.75 Å². The second kappa shape index (κ2) is 8.27. The highest BCUT2D eigenvalue weighted by atomic mass is 35.5. The van der Waals surface area contributed by atoms with Gasteiger partial charge in [0.2, 0.25) is 0 Å². The number of benzene rings is 2. The summed E-state index contributed by atoms with van der Waals surface area (Å²) in [7, 11) is 0. The van der Waals surface area contributed by atoms with Gasteiger partial charge in [0.1, 0.15) is 11.3 Å². The fourth-order valence-corrected chi connectivity index (χ4v) is 2.73. The maximum absolute atomic E-state index is 12.8. The highest BCUT2D eigenvalue weighted by molar-refractivity contribution is 6.39. The van der Waals surface area contributed by atoms with Crippen LogP contribution in [0.1, 0.15) is 25.8 Å². The number of urea groups is 1. The molecule has 0 aliphatic carbocycles. The fourth-order valence-electron chi connectivity index (χ4n) is 2.61. The highest BCUT2D eigenvalue weighted by Gasteiger charge is 2.36. The molecule has 1 N–H and O–H groups in total. The molecule has 1 atom stereocenters. The number of nitrogens with one attached hydrogen (secondary N) is 1. The van der Waals surface area contributed by atoms with Gasteiger partial charge in [-0.2, -0.15) is 0 Å². The van der Waals surface area contributed by atoms with Gasteiger partial charge in [-0.05, 0) is 61.4 Å². The van der Waals surface area contributed by atoms with Crippen molar-refractivity contribution in [1.82, 2.24) is 5.32 Å². The van der Waals surface area contributed by atoms with Crippen molar-refractivity contribution >= 4 is 41.2 Å². The van der Waals surface area contributed by atoms with Crippen molar-refractivity contribution in [2.75, 3.05) is 4.90 Å². The molecular weight excluding hydrogens is 380 g/mol. The van der Waals surface area contributed by atoms with Crippen LogP contribution in [0.4, 0.5) is 10.5 Å². The van der Waals surface area contributed by atoms with E-state index in [-0.39, 0.29) is 11.7 Å². The molecule has 1 heterocycles. The van der Waals surface area contributed by atoms with Crippen molar-refractivity contribution < 1.29 is 19.1 Å². The first-order chi connectivity index (χ1) is 13.4. The SMILES string of the molecule is CCC(C)Oc1ccc(/C=C2\C(=O)NC(=O)N(c3ccc(Cl)cc3)C2=O)cc1. The number of imide groups is 2. The lowest BCUT2D eigenvalue weighted by molar-refractivity contribution is -0.122. The van der Waals surface area contributed by atoms with Gasteiger partial charge in [-0.3, -0.25) is 14.9 Å². The summed E-state index contributed by atoms with van der Waals surface area (Å²) in [6.07, 6.45) is 2.42. The molecule has 28 heavy (non-hydrogen) atoms. The van der Waals surface area contributed by atoms with Crippen LogP contribution in [0, 0.1) is 0 Å². The minimum Gasteiger partial charge on any atom is -0.491 e. The summed E-state index contributed by atoms with van der Waals surface area (Å²) in [5.74, 6) is -0.731. The van der Waals surface area contributed by atoms with E-state index in [0.29, 0.717) is 22.0 Å². The number of rotatable bonds is 5. The van der Waals surface area contributed by atoms with E-state index in [1.807, 2.05) is 13.8 Å². The quantitative estimate of drug-likeness (QED) is 0.605. The van der Waals surface area contributed by atoms with Crippen LogP contribution in [0.3, 0.4) is 0 Å². The molecular formula is C21H19ClN2O4. The Bertz CT molecular complexity index is 936. The molecule has 4 amide bonds. The summed E-state index contributed by atoms with van der Waals surface area (Å²) in [4.78, 5) is 38.1. The maximum Gasteiger partial charge on any atom is 0.335 e. The Balaban J connectivity index is 1.87. The minimum absolute atomic E-state index is 0.0915. The van der Waals surface area contributed by atoms with E-state index >= 15 is 0 Å². The summed E-state index contributed by atoms with van der Waals surface area (Å²) < 4.78 is 5.72. The average Bonchev–Trinajstić information content (AvgIpc) is 2.67. The molecule has 0 radical (unpaired) electrons. The fraction of sp³-hybridized carbons (Fsp3) is 0.190. The number of anilines is 1. The number of nitrogens with zero attached hydrogens (tertiary/aromatic N) is 1. The summed E-state index contributed by atoms with van der Waals surface area (Å²) in [6, 6.07) is 12.4. The first-order valence-electron chi connectivity index (χ1n) is 8.82. The summed E-state index contributed by atoms with van der Waals surface area (Å²) in [5, 5.41) is 2.66. The van der Waals surface area contributed by atoms with E-state index in [0.717, 1.165) is 11.3 Å². The highest BCUT2D eigenvalue weighted by Crippen LogP contribution is 2.24. The lowest BCUT2D eigenvalue weighted by atomic mass is 10.1. The minimum atomic E-state index is -0.799. The van der Waals surface area contributed by atoms with Crippen LogP contribution < -0.4 is 15.0 Å². The van der Waals surface area contributed by atoms with Crippen LogP contribution in [-0.4, -0.2) is 23.9 Å². The normalized spacial score (nSPS) is 16.9. The molecule has 3 rings (SSSR count). The molecule has 0 saturated carbocycles. The second-order valence-electron chi connectivity index (χ2n) is 6.34. The molecule has 0 bridgehead atoms. The van der Waals surface area contributed by atoms with Gasteiger partial charge in [-0.1, -0.05) is 30.7 Å². The van der Waals surface area contributed by atoms with E-state index in [2.05, 4.69) is 5.32 Å². The van der Waals surface area contributed by atoms with E-state index in [4.69, 9.17) is 16.3 Å². The van der Waals surface area contributed by atoms with Crippen LogP contribution in [0.15, 0.2) is 54.1 Å². The van der Waals surface area contributed by atoms with E-state index in [1.54, 1.807) is 36.4 Å². The third-order valence-electron chi connectivity index (χ3n) is 4.29. The van der Waals surface area contributed by atoms with Gasteiger partial charge in [0.25, 0.3) is 11.8 Å². The van der Waals surface area contributed by atoms with Gasteiger partial charge in [0.15, 0.2) is 0 Å². The summed E-state index contributed by atoms with van der Waals surface area (Å²) in [6.45, 7) is 4.01. The van der Waals surface area contributed by atoms with Crippen molar-refractivity contribution in [3.63, 3.8) is 0 Å². The van der Waals surface area contributed by atoms with Gasteiger partial charge < -0.3 is 4.74 Å². The topological polar surface area (TPSA) is 75.7 Å². The van der Waals surface area contributed by atoms with E-state index in [1.165, 1.54) is 18.2 Å².